The molecule has 2 rings (SSSR count). The number of rotatable bonds is 5. The van der Waals surface area contributed by atoms with E-state index in [4.69, 9.17) is 0 Å². The fourth-order valence-electron chi connectivity index (χ4n) is 3.44. The smallest absolute Gasteiger partial charge is 0.0111 e. The number of likely N-dealkylation sites (N-methyl/N-ethyl adjacent to an activating group) is 1. The molecule has 2 aliphatic rings. The molecule has 17 heavy (non-hydrogen) atoms. The number of piperidine rings is 1. The largest absolute Gasteiger partial charge is 0.314 e. The average molecular weight is 239 g/mol. The number of hydrogen-bond acceptors (Lipinski definition) is 3. The molecule has 0 aromatic carbocycles. The summed E-state index contributed by atoms with van der Waals surface area (Å²) < 4.78 is 0. The van der Waals surface area contributed by atoms with Crippen LogP contribution in [0.5, 0.6) is 0 Å². The van der Waals surface area contributed by atoms with Gasteiger partial charge in [-0.2, -0.15) is 0 Å². The molecular weight excluding hydrogens is 210 g/mol. The van der Waals surface area contributed by atoms with Gasteiger partial charge in [-0.25, -0.2) is 0 Å². The fourth-order valence-corrected chi connectivity index (χ4v) is 3.44. The van der Waals surface area contributed by atoms with Gasteiger partial charge in [-0.05, 0) is 52.2 Å². The summed E-state index contributed by atoms with van der Waals surface area (Å²) in [7, 11) is 4.30. The van der Waals surface area contributed by atoms with Crippen molar-refractivity contribution >= 4 is 0 Å². The van der Waals surface area contributed by atoms with E-state index in [0.717, 1.165) is 31.1 Å². The molecule has 0 radical (unpaired) electrons. The molecule has 3 heteroatoms. The summed E-state index contributed by atoms with van der Waals surface area (Å²) in [5.74, 6) is 0.887. The summed E-state index contributed by atoms with van der Waals surface area (Å²) in [6, 6.07) is 1.56. The highest BCUT2D eigenvalue weighted by Crippen LogP contribution is 2.31. The van der Waals surface area contributed by atoms with Gasteiger partial charge in [0.25, 0.3) is 0 Å². The summed E-state index contributed by atoms with van der Waals surface area (Å²) in [5.41, 5.74) is 0. The van der Waals surface area contributed by atoms with Gasteiger partial charge in [0.05, 0.1) is 0 Å². The standard InChI is InChI=1S/C14H29N3/c1-17(2)11-10-16-14-8-5-6-12(14)13-7-3-4-9-15-13/h12-16H,3-11H2,1-2H3. The van der Waals surface area contributed by atoms with Gasteiger partial charge < -0.3 is 15.5 Å². The summed E-state index contributed by atoms with van der Waals surface area (Å²) in [6.07, 6.45) is 8.44. The molecule has 0 spiro atoms. The molecule has 3 atom stereocenters. The number of hydrogen-bond donors (Lipinski definition) is 2. The third kappa shape index (κ3) is 3.94. The summed E-state index contributed by atoms with van der Waals surface area (Å²) in [6.45, 7) is 3.54. The maximum Gasteiger partial charge on any atom is 0.0111 e. The van der Waals surface area contributed by atoms with Gasteiger partial charge in [0.1, 0.15) is 0 Å². The highest BCUT2D eigenvalue weighted by atomic mass is 15.1. The van der Waals surface area contributed by atoms with E-state index in [1.54, 1.807) is 0 Å². The Labute approximate surface area is 106 Å². The van der Waals surface area contributed by atoms with E-state index in [-0.39, 0.29) is 0 Å². The Hall–Kier alpha value is -0.120. The molecular formula is C14H29N3. The lowest BCUT2D eigenvalue weighted by molar-refractivity contribution is 0.253. The molecule has 0 aromatic rings. The first kappa shape index (κ1) is 13.3. The van der Waals surface area contributed by atoms with Crippen LogP contribution in [0.1, 0.15) is 38.5 Å². The van der Waals surface area contributed by atoms with Crippen molar-refractivity contribution in [3.8, 4) is 0 Å². The van der Waals surface area contributed by atoms with Crippen LogP contribution in [0.25, 0.3) is 0 Å². The highest BCUT2D eigenvalue weighted by molar-refractivity contribution is 4.92. The molecule has 1 aliphatic carbocycles. The van der Waals surface area contributed by atoms with E-state index in [0.29, 0.717) is 0 Å². The van der Waals surface area contributed by atoms with E-state index in [1.165, 1.54) is 45.1 Å². The number of nitrogens with one attached hydrogen (secondary N) is 2. The molecule has 100 valence electrons. The normalized spacial score (nSPS) is 34.4. The quantitative estimate of drug-likeness (QED) is 0.760. The second-order valence-corrected chi connectivity index (χ2v) is 6.02. The molecule has 3 nitrogen and oxygen atoms in total. The number of nitrogens with zero attached hydrogens (tertiary/aromatic N) is 1. The predicted molar refractivity (Wildman–Crippen MR) is 73.3 cm³/mol. The van der Waals surface area contributed by atoms with Gasteiger partial charge in [-0.3, -0.25) is 0 Å². The Kier molecular flexibility index (Phi) is 5.26. The molecule has 1 saturated heterocycles. The topological polar surface area (TPSA) is 27.3 Å². The first-order valence-electron chi connectivity index (χ1n) is 7.39. The molecule has 1 saturated carbocycles. The molecule has 0 amide bonds. The van der Waals surface area contributed by atoms with Crippen molar-refractivity contribution < 1.29 is 0 Å². The molecule has 1 aliphatic heterocycles. The summed E-state index contributed by atoms with van der Waals surface area (Å²) in [5, 5.41) is 7.52. The average Bonchev–Trinajstić information content (AvgIpc) is 2.78. The van der Waals surface area contributed by atoms with Crippen LogP contribution in [0.4, 0.5) is 0 Å². The minimum Gasteiger partial charge on any atom is -0.314 e. The molecule has 0 bridgehead atoms. The summed E-state index contributed by atoms with van der Waals surface area (Å²) >= 11 is 0. The zero-order valence-corrected chi connectivity index (χ0v) is 11.5. The third-order valence-electron chi connectivity index (χ3n) is 4.40. The van der Waals surface area contributed by atoms with Gasteiger partial charge in [0, 0.05) is 25.2 Å². The zero-order chi connectivity index (χ0) is 12.1. The van der Waals surface area contributed by atoms with Crippen molar-refractivity contribution in [2.45, 2.75) is 50.6 Å². The Bertz CT molecular complexity index is 212. The Morgan fingerprint density at radius 1 is 1.12 bits per heavy atom. The monoisotopic (exact) mass is 239 g/mol. The van der Waals surface area contributed by atoms with Crippen molar-refractivity contribution in [3.05, 3.63) is 0 Å². The van der Waals surface area contributed by atoms with Gasteiger partial charge in [-0.1, -0.05) is 12.8 Å². The van der Waals surface area contributed by atoms with Crippen LogP contribution in [0, 0.1) is 5.92 Å². The van der Waals surface area contributed by atoms with E-state index in [1.807, 2.05) is 0 Å². The van der Waals surface area contributed by atoms with E-state index >= 15 is 0 Å². The molecule has 0 aromatic heterocycles. The van der Waals surface area contributed by atoms with Gasteiger partial charge in [0.15, 0.2) is 0 Å². The SMILES string of the molecule is CN(C)CCNC1CCCC1C1CCCCN1. The Morgan fingerprint density at radius 2 is 2.00 bits per heavy atom. The Balaban J connectivity index is 1.75. The van der Waals surface area contributed by atoms with E-state index < -0.39 is 0 Å². The summed E-state index contributed by atoms with van der Waals surface area (Å²) in [4.78, 5) is 2.26. The van der Waals surface area contributed by atoms with Crippen LogP contribution in [-0.4, -0.2) is 50.7 Å². The minimum absolute atomic E-state index is 0.769. The molecule has 2 N–H and O–H groups in total. The second-order valence-electron chi connectivity index (χ2n) is 6.02. The Morgan fingerprint density at radius 3 is 2.71 bits per heavy atom. The van der Waals surface area contributed by atoms with E-state index in [9.17, 15) is 0 Å². The molecule has 1 heterocycles. The van der Waals surface area contributed by atoms with Crippen LogP contribution < -0.4 is 10.6 Å². The van der Waals surface area contributed by atoms with Crippen LogP contribution in [0.2, 0.25) is 0 Å². The zero-order valence-electron chi connectivity index (χ0n) is 11.5. The van der Waals surface area contributed by atoms with Crippen molar-refractivity contribution in [1.29, 1.82) is 0 Å². The third-order valence-corrected chi connectivity index (χ3v) is 4.40. The lowest BCUT2D eigenvalue weighted by atomic mass is 9.88. The van der Waals surface area contributed by atoms with Crippen LogP contribution in [-0.2, 0) is 0 Å². The maximum atomic E-state index is 3.78. The van der Waals surface area contributed by atoms with Gasteiger partial charge in [0.2, 0.25) is 0 Å². The highest BCUT2D eigenvalue weighted by Gasteiger charge is 2.33. The first-order chi connectivity index (χ1) is 8.27. The lowest BCUT2D eigenvalue weighted by Gasteiger charge is -2.33. The lowest BCUT2D eigenvalue weighted by Crippen LogP contribution is -2.47. The van der Waals surface area contributed by atoms with Crippen molar-refractivity contribution in [1.82, 2.24) is 15.5 Å². The van der Waals surface area contributed by atoms with Crippen molar-refractivity contribution in [2.75, 3.05) is 33.7 Å². The van der Waals surface area contributed by atoms with E-state index in [2.05, 4.69) is 29.6 Å². The molecule has 2 fully saturated rings. The minimum atomic E-state index is 0.769. The van der Waals surface area contributed by atoms with Gasteiger partial charge >= 0.3 is 0 Å². The van der Waals surface area contributed by atoms with Crippen LogP contribution >= 0.6 is 0 Å². The molecule has 3 unspecified atom stereocenters. The van der Waals surface area contributed by atoms with Crippen molar-refractivity contribution in [3.63, 3.8) is 0 Å². The van der Waals surface area contributed by atoms with Gasteiger partial charge in [-0.15, -0.1) is 0 Å². The van der Waals surface area contributed by atoms with Crippen LogP contribution in [0.3, 0.4) is 0 Å². The first-order valence-corrected chi connectivity index (χ1v) is 7.39. The maximum absolute atomic E-state index is 3.78. The second kappa shape index (κ2) is 6.72. The van der Waals surface area contributed by atoms with Crippen LogP contribution in [0.15, 0.2) is 0 Å². The van der Waals surface area contributed by atoms with Crippen molar-refractivity contribution in [2.24, 2.45) is 5.92 Å². The fraction of sp³-hybridized carbons (Fsp3) is 1.00. The predicted octanol–water partition coefficient (Wildman–Crippen LogP) is 1.45.